The van der Waals surface area contributed by atoms with Crippen LogP contribution in [0.3, 0.4) is 0 Å². The van der Waals surface area contributed by atoms with Gasteiger partial charge in [0.25, 0.3) is 0 Å². The van der Waals surface area contributed by atoms with Crippen LogP contribution in [0.25, 0.3) is 16.0 Å². The summed E-state index contributed by atoms with van der Waals surface area (Å²) in [6.45, 7) is 0. The molecule has 0 atom stereocenters. The van der Waals surface area contributed by atoms with Crippen molar-refractivity contribution in [2.45, 2.75) is 25.2 Å². The van der Waals surface area contributed by atoms with Crippen LogP contribution < -0.4 is 10.6 Å². The molecule has 146 valence electrons. The summed E-state index contributed by atoms with van der Waals surface area (Å²) in [7, 11) is 3.84. The molecule has 0 bridgehead atoms. The molecule has 0 unspecified atom stereocenters. The molecule has 5 nitrogen and oxygen atoms in total. The molecule has 2 aromatic carbocycles. The molecule has 1 saturated carbocycles. The molecule has 29 heavy (non-hydrogen) atoms. The second-order valence-corrected chi connectivity index (χ2v) is 8.79. The highest BCUT2D eigenvalue weighted by Crippen LogP contribution is 2.44. The van der Waals surface area contributed by atoms with Crippen LogP contribution in [0.15, 0.2) is 59.4 Å². The smallest absolute Gasteiger partial charge is 0.355 e. The zero-order valence-electron chi connectivity index (χ0n) is 16.5. The van der Waals surface area contributed by atoms with E-state index in [1.165, 1.54) is 18.4 Å². The van der Waals surface area contributed by atoms with Crippen molar-refractivity contribution in [3.63, 3.8) is 0 Å². The molecule has 0 N–H and O–H groups in total. The maximum Gasteiger partial charge on any atom is 0.355 e. The Kier molecular flexibility index (Phi) is 4.43. The average molecular weight is 403 g/mol. The first-order valence-corrected chi connectivity index (χ1v) is 10.7. The summed E-state index contributed by atoms with van der Waals surface area (Å²) in [6, 6.07) is 18.5. The van der Waals surface area contributed by atoms with Crippen molar-refractivity contribution in [1.29, 1.82) is 0 Å². The number of hydrogen-bond acceptors (Lipinski definition) is 5. The largest absolute Gasteiger partial charge is 0.361 e. The van der Waals surface area contributed by atoms with Crippen LogP contribution in [0.5, 0.6) is 0 Å². The molecule has 1 aliphatic carbocycles. The molecular weight excluding hydrogens is 380 g/mol. The molecular formula is C23H22N4OS. The van der Waals surface area contributed by atoms with Gasteiger partial charge in [-0.05, 0) is 42.5 Å². The van der Waals surface area contributed by atoms with Gasteiger partial charge < -0.3 is 4.90 Å². The zero-order chi connectivity index (χ0) is 20.0. The first-order valence-electron chi connectivity index (χ1n) is 9.84. The number of thiazole rings is 1. The predicted octanol–water partition coefficient (Wildman–Crippen LogP) is 4.38. The van der Waals surface area contributed by atoms with Crippen LogP contribution in [0.1, 0.15) is 34.9 Å². The third kappa shape index (κ3) is 3.44. The SMILES string of the molecule is CN(C)c1nc(=O)n(-c2cccc(Cc3ccccc3)c2)c2nc(C3CC3)sc12. The van der Waals surface area contributed by atoms with Crippen molar-refractivity contribution in [2.75, 3.05) is 19.0 Å². The summed E-state index contributed by atoms with van der Waals surface area (Å²) in [6.07, 6.45) is 3.18. The summed E-state index contributed by atoms with van der Waals surface area (Å²) < 4.78 is 2.64. The van der Waals surface area contributed by atoms with Gasteiger partial charge in [0.1, 0.15) is 4.70 Å². The van der Waals surface area contributed by atoms with Crippen molar-refractivity contribution in [3.8, 4) is 5.69 Å². The first-order chi connectivity index (χ1) is 14.1. The van der Waals surface area contributed by atoms with Gasteiger partial charge in [0.05, 0.1) is 10.7 Å². The minimum atomic E-state index is -0.286. The van der Waals surface area contributed by atoms with Gasteiger partial charge in [-0.25, -0.2) is 14.3 Å². The summed E-state index contributed by atoms with van der Waals surface area (Å²) in [4.78, 5) is 24.2. The van der Waals surface area contributed by atoms with Crippen molar-refractivity contribution in [1.82, 2.24) is 14.5 Å². The molecule has 0 saturated heterocycles. The lowest BCUT2D eigenvalue weighted by Crippen LogP contribution is -2.25. The monoisotopic (exact) mass is 402 g/mol. The Labute approximate surface area is 173 Å². The number of anilines is 1. The molecule has 0 radical (unpaired) electrons. The van der Waals surface area contributed by atoms with E-state index in [0.717, 1.165) is 33.0 Å². The minimum Gasteiger partial charge on any atom is -0.361 e. The van der Waals surface area contributed by atoms with E-state index in [1.807, 2.05) is 49.3 Å². The van der Waals surface area contributed by atoms with Gasteiger partial charge >= 0.3 is 5.69 Å². The fraction of sp³-hybridized carbons (Fsp3) is 0.261. The van der Waals surface area contributed by atoms with Gasteiger partial charge in [-0.15, -0.1) is 11.3 Å². The van der Waals surface area contributed by atoms with E-state index in [4.69, 9.17) is 4.98 Å². The Balaban J connectivity index is 1.65. The van der Waals surface area contributed by atoms with E-state index < -0.39 is 0 Å². The van der Waals surface area contributed by atoms with Crippen LogP contribution in [-0.2, 0) is 6.42 Å². The first kappa shape index (κ1) is 18.1. The second-order valence-electron chi connectivity index (χ2n) is 7.76. The van der Waals surface area contributed by atoms with Gasteiger partial charge in [-0.3, -0.25) is 0 Å². The molecule has 5 rings (SSSR count). The molecule has 2 aromatic heterocycles. The second kappa shape index (κ2) is 7.12. The third-order valence-corrected chi connectivity index (χ3v) is 6.41. The zero-order valence-corrected chi connectivity index (χ0v) is 17.3. The number of rotatable bonds is 5. The third-order valence-electron chi connectivity index (χ3n) is 5.20. The highest BCUT2D eigenvalue weighted by molar-refractivity contribution is 7.19. The van der Waals surface area contributed by atoms with Crippen LogP contribution in [0, 0.1) is 0 Å². The standard InChI is InChI=1S/C23H22N4OS/c1-26(2)20-19-21(24-22(29-19)17-11-12-17)27(23(28)25-20)18-10-6-9-16(14-18)13-15-7-4-3-5-8-15/h3-10,14,17H,11-13H2,1-2H3. The van der Waals surface area contributed by atoms with E-state index in [0.29, 0.717) is 11.7 Å². The lowest BCUT2D eigenvalue weighted by Gasteiger charge is -2.14. The van der Waals surface area contributed by atoms with Gasteiger partial charge in [0.2, 0.25) is 0 Å². The highest BCUT2D eigenvalue weighted by Gasteiger charge is 2.29. The maximum absolute atomic E-state index is 13.0. The predicted molar refractivity (Wildman–Crippen MR) is 119 cm³/mol. The van der Waals surface area contributed by atoms with E-state index >= 15 is 0 Å². The summed E-state index contributed by atoms with van der Waals surface area (Å²) in [5.74, 6) is 1.24. The number of aromatic nitrogens is 3. The normalized spacial score (nSPS) is 13.7. The molecule has 1 fully saturated rings. The van der Waals surface area contributed by atoms with Crippen molar-refractivity contribution >= 4 is 27.5 Å². The molecule has 0 spiro atoms. The van der Waals surface area contributed by atoms with E-state index in [-0.39, 0.29) is 5.69 Å². The summed E-state index contributed by atoms with van der Waals surface area (Å²) >= 11 is 1.67. The summed E-state index contributed by atoms with van der Waals surface area (Å²) in [5, 5.41) is 1.12. The molecule has 0 amide bonds. The lowest BCUT2D eigenvalue weighted by atomic mass is 10.0. The van der Waals surface area contributed by atoms with Crippen molar-refractivity contribution in [2.24, 2.45) is 0 Å². The quantitative estimate of drug-likeness (QED) is 0.497. The Morgan fingerprint density at radius 1 is 1.03 bits per heavy atom. The van der Waals surface area contributed by atoms with E-state index in [2.05, 4.69) is 29.2 Å². The van der Waals surface area contributed by atoms with Gasteiger partial charge in [-0.2, -0.15) is 4.98 Å². The molecule has 2 heterocycles. The lowest BCUT2D eigenvalue weighted by molar-refractivity contribution is 0.919. The van der Waals surface area contributed by atoms with Crippen molar-refractivity contribution in [3.05, 3.63) is 81.2 Å². The molecule has 6 heteroatoms. The van der Waals surface area contributed by atoms with Gasteiger partial charge in [-0.1, -0.05) is 42.5 Å². The minimum absolute atomic E-state index is 0.286. The van der Waals surface area contributed by atoms with Crippen LogP contribution >= 0.6 is 11.3 Å². The van der Waals surface area contributed by atoms with Crippen LogP contribution in [-0.4, -0.2) is 28.6 Å². The number of benzene rings is 2. The number of fused-ring (bicyclic) bond motifs is 1. The maximum atomic E-state index is 13.0. The van der Waals surface area contributed by atoms with Crippen LogP contribution in [0.2, 0.25) is 0 Å². The Morgan fingerprint density at radius 3 is 2.52 bits per heavy atom. The number of nitrogens with zero attached hydrogens (tertiary/aromatic N) is 4. The molecule has 1 aliphatic rings. The summed E-state index contributed by atoms with van der Waals surface area (Å²) in [5.41, 5.74) is 3.65. The molecule has 4 aromatic rings. The van der Waals surface area contributed by atoms with Crippen molar-refractivity contribution < 1.29 is 0 Å². The van der Waals surface area contributed by atoms with Crippen LogP contribution in [0.4, 0.5) is 5.82 Å². The topological polar surface area (TPSA) is 51.0 Å². The Morgan fingerprint density at radius 2 is 1.79 bits per heavy atom. The van der Waals surface area contributed by atoms with E-state index in [9.17, 15) is 4.79 Å². The molecule has 0 aliphatic heterocycles. The Bertz CT molecular complexity index is 1240. The Hall–Kier alpha value is -2.99. The van der Waals surface area contributed by atoms with E-state index in [1.54, 1.807) is 15.9 Å². The highest BCUT2D eigenvalue weighted by atomic mass is 32.1. The fourth-order valence-corrected chi connectivity index (χ4v) is 4.88. The van der Waals surface area contributed by atoms with Gasteiger partial charge in [0, 0.05) is 20.0 Å². The van der Waals surface area contributed by atoms with Gasteiger partial charge in [0.15, 0.2) is 11.5 Å². The average Bonchev–Trinajstić information content (AvgIpc) is 3.47. The number of hydrogen-bond donors (Lipinski definition) is 0. The fourth-order valence-electron chi connectivity index (χ4n) is 3.59.